The number of anilines is 3. The first-order chi connectivity index (χ1) is 14.5. The minimum absolute atomic E-state index is 0.0362. The number of nitrogen functional groups attached to an aromatic ring is 1. The smallest absolute Gasteiger partial charge is 0.356 e. The number of para-hydroxylation sites is 1. The van der Waals surface area contributed by atoms with Crippen LogP contribution in [-0.4, -0.2) is 29.7 Å². The van der Waals surface area contributed by atoms with Crippen molar-refractivity contribution in [2.75, 3.05) is 11.1 Å². The zero-order valence-corrected chi connectivity index (χ0v) is 15.8. The van der Waals surface area contributed by atoms with E-state index in [-0.39, 0.29) is 34.6 Å². The lowest BCUT2D eigenvalue weighted by atomic mass is 10.1. The molecule has 0 saturated carbocycles. The molecule has 0 unspecified atom stereocenters. The normalized spacial score (nSPS) is 12.8. The number of aromatic hydroxyl groups is 2. The van der Waals surface area contributed by atoms with E-state index < -0.39 is 5.69 Å². The van der Waals surface area contributed by atoms with Gasteiger partial charge < -0.3 is 21.3 Å². The summed E-state index contributed by atoms with van der Waals surface area (Å²) >= 11 is 0. The lowest BCUT2D eigenvalue weighted by Gasteiger charge is -2.14. The molecule has 5 rings (SSSR count). The van der Waals surface area contributed by atoms with Gasteiger partial charge in [-0.05, 0) is 54.7 Å². The SMILES string of the molecule is Nc1c2cnc(Nc3ccc4c(c3)CCC4)nc2nc(=O)n1-c1c(O)cccc1O. The lowest BCUT2D eigenvalue weighted by Crippen LogP contribution is -2.25. The van der Waals surface area contributed by atoms with E-state index in [4.69, 9.17) is 5.73 Å². The van der Waals surface area contributed by atoms with Crippen LogP contribution in [0.2, 0.25) is 0 Å². The van der Waals surface area contributed by atoms with Crippen molar-refractivity contribution in [2.45, 2.75) is 19.3 Å². The lowest BCUT2D eigenvalue weighted by molar-refractivity contribution is 0.445. The highest BCUT2D eigenvalue weighted by molar-refractivity contribution is 5.86. The summed E-state index contributed by atoms with van der Waals surface area (Å²) in [5.74, 6) is -0.359. The Morgan fingerprint density at radius 1 is 1.03 bits per heavy atom. The van der Waals surface area contributed by atoms with Crippen LogP contribution in [0, 0.1) is 0 Å². The van der Waals surface area contributed by atoms with E-state index in [1.807, 2.05) is 6.07 Å². The molecule has 2 aromatic carbocycles. The molecule has 150 valence electrons. The zero-order chi connectivity index (χ0) is 20.8. The number of nitrogens with one attached hydrogen (secondary N) is 1. The fourth-order valence-electron chi connectivity index (χ4n) is 3.81. The Bertz CT molecular complexity index is 1340. The maximum Gasteiger partial charge on any atom is 0.356 e. The van der Waals surface area contributed by atoms with Gasteiger partial charge in [-0.3, -0.25) is 0 Å². The van der Waals surface area contributed by atoms with Crippen LogP contribution in [0.25, 0.3) is 16.7 Å². The summed E-state index contributed by atoms with van der Waals surface area (Å²) in [4.78, 5) is 25.2. The van der Waals surface area contributed by atoms with E-state index in [2.05, 4.69) is 32.4 Å². The van der Waals surface area contributed by atoms with Crippen molar-refractivity contribution < 1.29 is 10.2 Å². The van der Waals surface area contributed by atoms with Gasteiger partial charge in [-0.1, -0.05) is 12.1 Å². The Labute approximate surface area is 170 Å². The van der Waals surface area contributed by atoms with Gasteiger partial charge in [-0.2, -0.15) is 9.97 Å². The first-order valence-corrected chi connectivity index (χ1v) is 9.46. The van der Waals surface area contributed by atoms with E-state index in [9.17, 15) is 15.0 Å². The Kier molecular flexibility index (Phi) is 4.02. The van der Waals surface area contributed by atoms with Gasteiger partial charge in [-0.15, -0.1) is 0 Å². The zero-order valence-electron chi connectivity index (χ0n) is 15.8. The first-order valence-electron chi connectivity index (χ1n) is 9.46. The van der Waals surface area contributed by atoms with E-state index in [0.29, 0.717) is 5.39 Å². The van der Waals surface area contributed by atoms with Crippen molar-refractivity contribution in [1.82, 2.24) is 19.5 Å². The highest BCUT2D eigenvalue weighted by Crippen LogP contribution is 2.32. The van der Waals surface area contributed by atoms with Gasteiger partial charge >= 0.3 is 5.69 Å². The fourth-order valence-corrected chi connectivity index (χ4v) is 3.81. The number of phenolic OH excluding ortho intramolecular Hbond substituents is 2. The molecule has 9 heteroatoms. The van der Waals surface area contributed by atoms with E-state index in [1.54, 1.807) is 0 Å². The van der Waals surface area contributed by atoms with Gasteiger partial charge in [0.15, 0.2) is 5.65 Å². The number of aromatic nitrogens is 4. The molecular formula is C21H18N6O3. The number of benzene rings is 2. The molecule has 0 fully saturated rings. The van der Waals surface area contributed by atoms with E-state index in [0.717, 1.165) is 29.5 Å². The molecule has 1 aliphatic carbocycles. The fraction of sp³-hybridized carbons (Fsp3) is 0.143. The quantitative estimate of drug-likeness (QED) is 0.410. The van der Waals surface area contributed by atoms with Crippen molar-refractivity contribution in [3.8, 4) is 17.2 Å². The van der Waals surface area contributed by atoms with Crippen molar-refractivity contribution in [3.63, 3.8) is 0 Å². The molecule has 0 radical (unpaired) electrons. The van der Waals surface area contributed by atoms with E-state index in [1.165, 1.54) is 35.5 Å². The minimum atomic E-state index is -0.779. The van der Waals surface area contributed by atoms with Crippen molar-refractivity contribution in [3.05, 3.63) is 64.2 Å². The Balaban J connectivity index is 1.57. The summed E-state index contributed by atoms with van der Waals surface area (Å²) < 4.78 is 0.934. The number of hydrogen-bond acceptors (Lipinski definition) is 8. The van der Waals surface area contributed by atoms with Crippen LogP contribution in [0.1, 0.15) is 17.5 Å². The van der Waals surface area contributed by atoms with Crippen molar-refractivity contribution in [2.24, 2.45) is 0 Å². The molecule has 2 aromatic heterocycles. The molecule has 1 aliphatic rings. The van der Waals surface area contributed by atoms with Crippen LogP contribution in [0.4, 0.5) is 17.5 Å². The third kappa shape index (κ3) is 2.87. The summed E-state index contributed by atoms with van der Waals surface area (Å²) in [5.41, 5.74) is 8.88. The minimum Gasteiger partial charge on any atom is -0.506 e. The van der Waals surface area contributed by atoms with Crippen LogP contribution in [0.5, 0.6) is 11.5 Å². The Hall–Kier alpha value is -4.14. The molecule has 0 aliphatic heterocycles. The predicted molar refractivity (Wildman–Crippen MR) is 112 cm³/mol. The van der Waals surface area contributed by atoms with Crippen molar-refractivity contribution >= 4 is 28.5 Å². The monoisotopic (exact) mass is 402 g/mol. The van der Waals surface area contributed by atoms with Crippen LogP contribution in [-0.2, 0) is 12.8 Å². The Morgan fingerprint density at radius 2 is 1.80 bits per heavy atom. The highest BCUT2D eigenvalue weighted by atomic mass is 16.3. The summed E-state index contributed by atoms with van der Waals surface area (Å²) in [6.45, 7) is 0. The van der Waals surface area contributed by atoms with E-state index >= 15 is 0 Å². The van der Waals surface area contributed by atoms with Crippen LogP contribution in [0.3, 0.4) is 0 Å². The second kappa shape index (κ2) is 6.73. The summed E-state index contributed by atoms with van der Waals surface area (Å²) in [5, 5.41) is 23.6. The average Bonchev–Trinajstić information content (AvgIpc) is 3.18. The summed E-state index contributed by atoms with van der Waals surface area (Å²) in [6, 6.07) is 10.3. The molecule has 0 atom stereocenters. The van der Waals surface area contributed by atoms with Gasteiger partial charge in [0.1, 0.15) is 23.0 Å². The van der Waals surface area contributed by atoms with Crippen LogP contribution >= 0.6 is 0 Å². The summed E-state index contributed by atoms with van der Waals surface area (Å²) in [6.07, 6.45) is 4.77. The molecule has 9 nitrogen and oxygen atoms in total. The first kappa shape index (κ1) is 17.9. The van der Waals surface area contributed by atoms with Crippen LogP contribution in [0.15, 0.2) is 47.4 Å². The Morgan fingerprint density at radius 3 is 2.60 bits per heavy atom. The second-order valence-electron chi connectivity index (χ2n) is 7.15. The maximum atomic E-state index is 12.6. The van der Waals surface area contributed by atoms with Gasteiger partial charge in [0, 0.05) is 11.9 Å². The number of nitrogens with zero attached hydrogens (tertiary/aromatic N) is 4. The van der Waals surface area contributed by atoms with Crippen LogP contribution < -0.4 is 16.7 Å². The number of hydrogen-bond donors (Lipinski definition) is 4. The molecule has 0 saturated heterocycles. The number of nitrogens with two attached hydrogens (primary N) is 1. The van der Waals surface area contributed by atoms with Gasteiger partial charge in [-0.25, -0.2) is 14.3 Å². The molecule has 4 aromatic rings. The molecule has 30 heavy (non-hydrogen) atoms. The number of rotatable bonds is 3. The maximum absolute atomic E-state index is 12.6. The molecule has 0 spiro atoms. The largest absolute Gasteiger partial charge is 0.506 e. The predicted octanol–water partition coefficient (Wildman–Crippen LogP) is 2.40. The molecule has 5 N–H and O–H groups in total. The van der Waals surface area contributed by atoms with Gasteiger partial charge in [0.2, 0.25) is 5.95 Å². The molecular weight excluding hydrogens is 384 g/mol. The third-order valence-corrected chi connectivity index (χ3v) is 5.25. The number of aryl methyl sites for hydroxylation is 2. The molecule has 2 heterocycles. The number of phenols is 2. The average molecular weight is 402 g/mol. The molecule has 0 amide bonds. The topological polar surface area (TPSA) is 139 Å². The van der Waals surface area contributed by atoms with Gasteiger partial charge in [0.25, 0.3) is 0 Å². The highest BCUT2D eigenvalue weighted by Gasteiger charge is 2.18. The van der Waals surface area contributed by atoms with Gasteiger partial charge in [0.05, 0.1) is 5.39 Å². The third-order valence-electron chi connectivity index (χ3n) is 5.25. The summed E-state index contributed by atoms with van der Waals surface area (Å²) in [7, 11) is 0. The second-order valence-corrected chi connectivity index (χ2v) is 7.15. The van der Waals surface area contributed by atoms with Crippen molar-refractivity contribution in [1.29, 1.82) is 0 Å². The standard InChI is InChI=1S/C21H18N6O3/c22-18-14-10-23-20(24-13-8-7-11-3-1-4-12(11)9-13)25-19(14)26-21(30)27(18)17-15(28)5-2-6-16(17)29/h2,5-10,28-29H,1,3-4,22H2,(H,24,25,26,30). The molecule has 0 bridgehead atoms. The number of fused-ring (bicyclic) bond motifs is 2.